The van der Waals surface area contributed by atoms with Gasteiger partial charge in [0.15, 0.2) is 17.2 Å². The summed E-state index contributed by atoms with van der Waals surface area (Å²) in [4.78, 5) is 4.03. The average Bonchev–Trinajstić information content (AvgIpc) is 2.77. The van der Waals surface area contributed by atoms with E-state index < -0.39 is 17.5 Å². The van der Waals surface area contributed by atoms with Crippen molar-refractivity contribution < 1.29 is 17.6 Å². The minimum Gasteiger partial charge on any atom is -0.423 e. The third kappa shape index (κ3) is 2.13. The molecule has 0 amide bonds. The van der Waals surface area contributed by atoms with E-state index >= 15 is 0 Å². The lowest BCUT2D eigenvalue weighted by Gasteiger charge is -2.03. The van der Waals surface area contributed by atoms with E-state index in [4.69, 9.17) is 10.2 Å². The Morgan fingerprint density at radius 3 is 2.55 bits per heavy atom. The molecule has 2 aromatic carbocycles. The van der Waals surface area contributed by atoms with Crippen molar-refractivity contribution in [1.82, 2.24) is 4.98 Å². The molecule has 0 saturated heterocycles. The van der Waals surface area contributed by atoms with Crippen molar-refractivity contribution in [2.75, 3.05) is 11.1 Å². The van der Waals surface area contributed by atoms with Crippen LogP contribution in [0.4, 0.5) is 30.6 Å². The molecule has 1 aromatic heterocycles. The van der Waals surface area contributed by atoms with Crippen LogP contribution in [0, 0.1) is 17.5 Å². The lowest BCUT2D eigenvalue weighted by atomic mass is 10.3. The normalized spacial score (nSPS) is 10.9. The van der Waals surface area contributed by atoms with Gasteiger partial charge >= 0.3 is 0 Å². The predicted molar refractivity (Wildman–Crippen MR) is 68.0 cm³/mol. The quantitative estimate of drug-likeness (QED) is 0.556. The van der Waals surface area contributed by atoms with Crippen LogP contribution in [-0.2, 0) is 0 Å². The van der Waals surface area contributed by atoms with Crippen molar-refractivity contribution in [3.05, 3.63) is 47.8 Å². The number of nitrogens with two attached hydrogens (primary N) is 1. The molecule has 102 valence electrons. The van der Waals surface area contributed by atoms with Crippen LogP contribution in [0.25, 0.3) is 11.1 Å². The van der Waals surface area contributed by atoms with E-state index in [1.54, 1.807) is 18.2 Å². The summed E-state index contributed by atoms with van der Waals surface area (Å²) in [7, 11) is 0. The number of rotatable bonds is 2. The molecule has 0 atom stereocenters. The molecule has 0 aliphatic heterocycles. The minimum atomic E-state index is -1.27. The summed E-state index contributed by atoms with van der Waals surface area (Å²) in [5.74, 6) is -3.39. The Balaban J connectivity index is 1.99. The molecule has 3 rings (SSSR count). The van der Waals surface area contributed by atoms with Crippen LogP contribution in [0.1, 0.15) is 0 Å². The zero-order valence-electron chi connectivity index (χ0n) is 9.95. The number of fused-ring (bicyclic) bond motifs is 1. The fourth-order valence-electron chi connectivity index (χ4n) is 1.73. The summed E-state index contributed by atoms with van der Waals surface area (Å²) in [6, 6.07) is 5.89. The van der Waals surface area contributed by atoms with Gasteiger partial charge in [-0.05, 0) is 12.1 Å². The summed E-state index contributed by atoms with van der Waals surface area (Å²) in [5.41, 5.74) is 6.70. The maximum atomic E-state index is 13.5. The molecule has 0 unspecified atom stereocenters. The van der Waals surface area contributed by atoms with E-state index in [0.717, 1.165) is 0 Å². The SMILES string of the molecule is Nc1ccc2nc(Nc3cc(F)c(F)cc3F)oc2c1. The van der Waals surface area contributed by atoms with E-state index in [2.05, 4.69) is 10.3 Å². The Morgan fingerprint density at radius 1 is 1.00 bits per heavy atom. The van der Waals surface area contributed by atoms with Crippen molar-refractivity contribution in [2.45, 2.75) is 0 Å². The molecule has 20 heavy (non-hydrogen) atoms. The molecule has 0 saturated carbocycles. The highest BCUT2D eigenvalue weighted by molar-refractivity contribution is 5.78. The molecule has 0 aliphatic carbocycles. The first-order chi connectivity index (χ1) is 9.52. The molecule has 0 spiro atoms. The van der Waals surface area contributed by atoms with Gasteiger partial charge in [0.05, 0.1) is 5.69 Å². The minimum absolute atomic E-state index is 0.0458. The fraction of sp³-hybridized carbons (Fsp3) is 0. The van der Waals surface area contributed by atoms with Gasteiger partial charge in [0.2, 0.25) is 0 Å². The van der Waals surface area contributed by atoms with Gasteiger partial charge in [-0.2, -0.15) is 4.98 Å². The van der Waals surface area contributed by atoms with Gasteiger partial charge < -0.3 is 15.5 Å². The number of nitrogens with zero attached hydrogens (tertiary/aromatic N) is 1. The highest BCUT2D eigenvalue weighted by Crippen LogP contribution is 2.26. The van der Waals surface area contributed by atoms with Gasteiger partial charge in [-0.25, -0.2) is 13.2 Å². The van der Waals surface area contributed by atoms with Crippen LogP contribution >= 0.6 is 0 Å². The molecule has 4 nitrogen and oxygen atoms in total. The van der Waals surface area contributed by atoms with Gasteiger partial charge in [-0.1, -0.05) is 0 Å². The third-order valence-corrected chi connectivity index (χ3v) is 2.66. The lowest BCUT2D eigenvalue weighted by Crippen LogP contribution is -1.97. The van der Waals surface area contributed by atoms with Crippen molar-refractivity contribution >= 4 is 28.5 Å². The first-order valence-corrected chi connectivity index (χ1v) is 5.60. The zero-order chi connectivity index (χ0) is 14.3. The van der Waals surface area contributed by atoms with Crippen LogP contribution in [0.3, 0.4) is 0 Å². The molecule has 0 bridgehead atoms. The van der Waals surface area contributed by atoms with Gasteiger partial charge in [0.25, 0.3) is 6.01 Å². The average molecular weight is 279 g/mol. The maximum absolute atomic E-state index is 13.5. The highest BCUT2D eigenvalue weighted by Gasteiger charge is 2.12. The number of hydrogen-bond donors (Lipinski definition) is 2. The van der Waals surface area contributed by atoms with E-state index in [1.807, 2.05) is 0 Å². The molecule has 0 aliphatic rings. The lowest BCUT2D eigenvalue weighted by molar-refractivity contribution is 0.496. The van der Waals surface area contributed by atoms with Crippen molar-refractivity contribution in [3.63, 3.8) is 0 Å². The number of oxazole rings is 1. The predicted octanol–water partition coefficient (Wildman–Crippen LogP) is 3.57. The molecule has 3 N–H and O–H groups in total. The standard InChI is InChI=1S/C13H8F3N3O/c14-7-4-9(16)11(5-8(7)15)19-13-18-10-2-1-6(17)3-12(10)20-13/h1-5H,17H2,(H,18,19). The largest absolute Gasteiger partial charge is 0.423 e. The molecular weight excluding hydrogens is 271 g/mol. The number of hydrogen-bond acceptors (Lipinski definition) is 4. The number of halogens is 3. The van der Waals surface area contributed by atoms with Crippen molar-refractivity contribution in [1.29, 1.82) is 0 Å². The summed E-state index contributed by atoms with van der Waals surface area (Å²) < 4.78 is 44.7. The Hall–Kier alpha value is -2.70. The van der Waals surface area contributed by atoms with Gasteiger partial charge in [0.1, 0.15) is 11.3 Å². The molecular formula is C13H8F3N3O. The highest BCUT2D eigenvalue weighted by atomic mass is 19.2. The molecule has 0 fully saturated rings. The molecule has 3 aromatic rings. The van der Waals surface area contributed by atoms with E-state index in [0.29, 0.717) is 28.9 Å². The van der Waals surface area contributed by atoms with Crippen LogP contribution in [0.5, 0.6) is 0 Å². The van der Waals surface area contributed by atoms with Crippen LogP contribution < -0.4 is 11.1 Å². The number of nitrogens with one attached hydrogen (secondary N) is 1. The number of aromatic nitrogens is 1. The van der Waals surface area contributed by atoms with E-state index in [9.17, 15) is 13.2 Å². The summed E-state index contributed by atoms with van der Waals surface area (Å²) in [6.07, 6.45) is 0. The topological polar surface area (TPSA) is 64.1 Å². The van der Waals surface area contributed by atoms with Crippen LogP contribution in [0.2, 0.25) is 0 Å². The van der Waals surface area contributed by atoms with Gasteiger partial charge in [-0.3, -0.25) is 0 Å². The number of anilines is 3. The Bertz CT molecular complexity index is 801. The Labute approximate surface area is 111 Å². The summed E-state index contributed by atoms with van der Waals surface area (Å²) in [5, 5.41) is 2.45. The van der Waals surface area contributed by atoms with E-state index in [1.165, 1.54) is 0 Å². The molecule has 1 heterocycles. The van der Waals surface area contributed by atoms with Gasteiger partial charge in [-0.15, -0.1) is 0 Å². The first kappa shape index (κ1) is 12.3. The second-order valence-corrected chi connectivity index (χ2v) is 4.12. The second-order valence-electron chi connectivity index (χ2n) is 4.12. The summed E-state index contributed by atoms with van der Waals surface area (Å²) >= 11 is 0. The molecule has 0 radical (unpaired) electrons. The van der Waals surface area contributed by atoms with Crippen molar-refractivity contribution in [2.24, 2.45) is 0 Å². The van der Waals surface area contributed by atoms with Gasteiger partial charge in [0, 0.05) is 23.9 Å². The summed E-state index contributed by atoms with van der Waals surface area (Å²) in [6.45, 7) is 0. The monoisotopic (exact) mass is 279 g/mol. The van der Waals surface area contributed by atoms with Crippen LogP contribution in [-0.4, -0.2) is 4.98 Å². The third-order valence-electron chi connectivity index (χ3n) is 2.66. The Morgan fingerprint density at radius 2 is 1.75 bits per heavy atom. The Kier molecular flexibility index (Phi) is 2.74. The molecule has 7 heteroatoms. The van der Waals surface area contributed by atoms with Crippen molar-refractivity contribution in [3.8, 4) is 0 Å². The fourth-order valence-corrected chi connectivity index (χ4v) is 1.73. The zero-order valence-corrected chi connectivity index (χ0v) is 9.95. The van der Waals surface area contributed by atoms with E-state index in [-0.39, 0.29) is 11.7 Å². The number of benzene rings is 2. The van der Waals surface area contributed by atoms with Crippen LogP contribution in [0.15, 0.2) is 34.7 Å². The smallest absolute Gasteiger partial charge is 0.300 e. The number of nitrogen functional groups attached to an aromatic ring is 1. The maximum Gasteiger partial charge on any atom is 0.300 e. The second kappa shape index (κ2) is 4.44. The first-order valence-electron chi connectivity index (χ1n) is 5.60.